The van der Waals surface area contributed by atoms with Gasteiger partial charge in [-0.1, -0.05) is 104 Å². The molecule has 0 aliphatic rings. The number of aliphatic hydroxyl groups excluding tert-OH is 2. The number of aliphatic hydroxyl groups is 2. The second kappa shape index (κ2) is 25.9. The Hall–Kier alpha value is -1.03. The van der Waals surface area contributed by atoms with E-state index in [9.17, 15) is 24.2 Å². The van der Waals surface area contributed by atoms with Gasteiger partial charge in [-0.15, -0.1) is 0 Å². The molecule has 0 saturated carbocycles. The fourth-order valence-corrected chi connectivity index (χ4v) is 4.66. The summed E-state index contributed by atoms with van der Waals surface area (Å²) in [5.74, 6) is -0.938. The van der Waals surface area contributed by atoms with Gasteiger partial charge in [0.25, 0.3) is 0 Å². The molecule has 232 valence electrons. The topological polar surface area (TPSA) is 149 Å². The molecule has 3 N–H and O–H groups in total. The third-order valence-electron chi connectivity index (χ3n) is 6.26. The van der Waals surface area contributed by atoms with E-state index in [-0.39, 0.29) is 19.4 Å². The Morgan fingerprint density at radius 1 is 0.667 bits per heavy atom. The summed E-state index contributed by atoms with van der Waals surface area (Å²) in [6.45, 7) is 2.23. The molecule has 0 aliphatic heterocycles. The fourth-order valence-electron chi connectivity index (χ4n) is 3.87. The van der Waals surface area contributed by atoms with Crippen LogP contribution in [0.1, 0.15) is 129 Å². The highest BCUT2D eigenvalue weighted by Gasteiger charge is 2.27. The quantitative estimate of drug-likeness (QED) is 0.0570. The monoisotopic (exact) mass is 582 g/mol. The Morgan fingerprint density at radius 3 is 1.59 bits per heavy atom. The second-order valence-corrected chi connectivity index (χ2v) is 11.6. The van der Waals surface area contributed by atoms with Crippen molar-refractivity contribution in [3.05, 3.63) is 0 Å². The van der Waals surface area contributed by atoms with Crippen molar-refractivity contribution in [1.29, 1.82) is 0 Å². The van der Waals surface area contributed by atoms with Crippen LogP contribution in [0.25, 0.3) is 0 Å². The standard InChI is InChI=1S/C28H55O10P/c1-3-5-7-9-10-11-12-13-14-16-18-20-28(32)38-26(23-35-27(31)19-17-15-8-6-4-2)24-37-39(33,34)36-22-25(30)21-29/h25-26,29-30H,3-24H2,1-2H3,(H,33,34)/t25-,26+/m1/s1. The number of carbonyl (C=O) groups excluding carboxylic acids is 2. The van der Waals surface area contributed by atoms with Crippen LogP contribution < -0.4 is 0 Å². The van der Waals surface area contributed by atoms with Gasteiger partial charge in [-0.3, -0.25) is 18.6 Å². The minimum absolute atomic E-state index is 0.189. The number of rotatable bonds is 28. The maximum absolute atomic E-state index is 12.4. The fraction of sp³-hybridized carbons (Fsp3) is 0.929. The number of hydrogen-bond acceptors (Lipinski definition) is 9. The minimum atomic E-state index is -4.58. The lowest BCUT2D eigenvalue weighted by Crippen LogP contribution is -2.29. The minimum Gasteiger partial charge on any atom is -0.462 e. The van der Waals surface area contributed by atoms with Gasteiger partial charge in [0.2, 0.25) is 0 Å². The van der Waals surface area contributed by atoms with Crippen molar-refractivity contribution in [3.63, 3.8) is 0 Å². The first-order chi connectivity index (χ1) is 18.7. The van der Waals surface area contributed by atoms with Crippen molar-refractivity contribution in [2.24, 2.45) is 0 Å². The lowest BCUT2D eigenvalue weighted by atomic mass is 10.1. The molecule has 39 heavy (non-hydrogen) atoms. The molecule has 3 atom stereocenters. The SMILES string of the molecule is CCCCCCCCCCCCCC(=O)O[C@@H](COC(=O)CCCCCCC)COP(=O)(O)OC[C@H](O)CO. The highest BCUT2D eigenvalue weighted by molar-refractivity contribution is 7.47. The number of esters is 2. The molecule has 0 heterocycles. The molecule has 0 rings (SSSR count). The maximum atomic E-state index is 12.4. The average molecular weight is 583 g/mol. The Kier molecular flexibility index (Phi) is 25.2. The van der Waals surface area contributed by atoms with Crippen molar-refractivity contribution in [1.82, 2.24) is 0 Å². The van der Waals surface area contributed by atoms with Gasteiger partial charge >= 0.3 is 19.8 Å². The Balaban J connectivity index is 4.44. The van der Waals surface area contributed by atoms with Gasteiger partial charge in [0.05, 0.1) is 19.8 Å². The number of hydrogen-bond donors (Lipinski definition) is 3. The molecule has 11 heteroatoms. The zero-order chi connectivity index (χ0) is 29.2. The van der Waals surface area contributed by atoms with E-state index in [1.807, 2.05) is 0 Å². The van der Waals surface area contributed by atoms with Crippen LogP contribution in [-0.2, 0) is 32.7 Å². The van der Waals surface area contributed by atoms with Gasteiger partial charge < -0.3 is 24.6 Å². The summed E-state index contributed by atoms with van der Waals surface area (Å²) in [7, 11) is -4.58. The summed E-state index contributed by atoms with van der Waals surface area (Å²) < 4.78 is 32.1. The molecular formula is C28H55O10P. The van der Waals surface area contributed by atoms with Crippen LogP contribution >= 0.6 is 7.82 Å². The van der Waals surface area contributed by atoms with Gasteiger partial charge in [0.15, 0.2) is 6.10 Å². The van der Waals surface area contributed by atoms with E-state index >= 15 is 0 Å². The molecule has 10 nitrogen and oxygen atoms in total. The van der Waals surface area contributed by atoms with Crippen molar-refractivity contribution in [2.45, 2.75) is 142 Å². The van der Waals surface area contributed by atoms with Gasteiger partial charge in [-0.2, -0.15) is 0 Å². The first-order valence-corrected chi connectivity index (χ1v) is 16.5. The summed E-state index contributed by atoms with van der Waals surface area (Å²) in [5, 5.41) is 18.1. The normalized spacial score (nSPS) is 14.5. The summed E-state index contributed by atoms with van der Waals surface area (Å²) in [6.07, 6.45) is 15.6. The molecule has 0 bridgehead atoms. The molecule has 0 aromatic carbocycles. The summed E-state index contributed by atoms with van der Waals surface area (Å²) in [5.41, 5.74) is 0. The van der Waals surface area contributed by atoms with E-state index in [1.165, 1.54) is 44.9 Å². The van der Waals surface area contributed by atoms with Crippen LogP contribution in [0.15, 0.2) is 0 Å². The van der Waals surface area contributed by atoms with E-state index in [4.69, 9.17) is 19.1 Å². The third-order valence-corrected chi connectivity index (χ3v) is 7.21. The Bertz CT molecular complexity index is 646. The van der Waals surface area contributed by atoms with E-state index in [0.29, 0.717) is 12.8 Å². The Labute approximate surface area is 235 Å². The van der Waals surface area contributed by atoms with Crippen molar-refractivity contribution < 1.29 is 47.8 Å². The zero-order valence-electron chi connectivity index (χ0n) is 24.4. The molecule has 0 aromatic rings. The van der Waals surface area contributed by atoms with Crippen molar-refractivity contribution in [2.75, 3.05) is 26.4 Å². The first kappa shape index (κ1) is 38.0. The molecule has 0 spiro atoms. The molecule has 0 radical (unpaired) electrons. The molecule has 0 amide bonds. The molecule has 0 aliphatic carbocycles. The van der Waals surface area contributed by atoms with E-state index in [2.05, 4.69) is 18.4 Å². The van der Waals surface area contributed by atoms with Crippen LogP contribution in [0.5, 0.6) is 0 Å². The molecule has 1 unspecified atom stereocenters. The molecule has 0 saturated heterocycles. The number of ether oxygens (including phenoxy) is 2. The van der Waals surface area contributed by atoms with E-state index < -0.39 is 51.8 Å². The predicted octanol–water partition coefficient (Wildman–Crippen LogP) is 5.99. The van der Waals surface area contributed by atoms with Gasteiger partial charge in [0, 0.05) is 12.8 Å². The third kappa shape index (κ3) is 25.7. The summed E-state index contributed by atoms with van der Waals surface area (Å²) in [6, 6.07) is 0. The summed E-state index contributed by atoms with van der Waals surface area (Å²) >= 11 is 0. The smallest absolute Gasteiger partial charge is 0.462 e. The number of unbranched alkanes of at least 4 members (excludes halogenated alkanes) is 14. The van der Waals surface area contributed by atoms with Crippen LogP contribution in [-0.4, -0.2) is 65.7 Å². The lowest BCUT2D eigenvalue weighted by Gasteiger charge is -2.20. The summed E-state index contributed by atoms with van der Waals surface area (Å²) in [4.78, 5) is 34.2. The number of carbonyl (C=O) groups is 2. The van der Waals surface area contributed by atoms with Gasteiger partial charge in [-0.05, 0) is 12.8 Å². The van der Waals surface area contributed by atoms with Crippen LogP contribution in [0.3, 0.4) is 0 Å². The molecular weight excluding hydrogens is 527 g/mol. The highest BCUT2D eigenvalue weighted by atomic mass is 31.2. The van der Waals surface area contributed by atoms with Crippen molar-refractivity contribution in [3.8, 4) is 0 Å². The first-order valence-electron chi connectivity index (χ1n) is 15.0. The largest absolute Gasteiger partial charge is 0.472 e. The second-order valence-electron chi connectivity index (χ2n) is 10.1. The molecule has 0 fully saturated rings. The average Bonchev–Trinajstić information content (AvgIpc) is 2.91. The van der Waals surface area contributed by atoms with Gasteiger partial charge in [0.1, 0.15) is 12.7 Å². The van der Waals surface area contributed by atoms with E-state index in [0.717, 1.165) is 44.9 Å². The predicted molar refractivity (Wildman–Crippen MR) is 150 cm³/mol. The highest BCUT2D eigenvalue weighted by Crippen LogP contribution is 2.43. The molecule has 0 aromatic heterocycles. The zero-order valence-corrected chi connectivity index (χ0v) is 25.3. The Morgan fingerprint density at radius 2 is 1.10 bits per heavy atom. The van der Waals surface area contributed by atoms with Crippen molar-refractivity contribution >= 4 is 19.8 Å². The lowest BCUT2D eigenvalue weighted by molar-refractivity contribution is -0.161. The maximum Gasteiger partial charge on any atom is 0.472 e. The number of phosphoric acid groups is 1. The van der Waals surface area contributed by atoms with Gasteiger partial charge in [-0.25, -0.2) is 4.57 Å². The van der Waals surface area contributed by atoms with E-state index in [1.54, 1.807) is 0 Å². The van der Waals surface area contributed by atoms with Crippen LogP contribution in [0.4, 0.5) is 0 Å². The number of phosphoric ester groups is 1. The van der Waals surface area contributed by atoms with Crippen LogP contribution in [0, 0.1) is 0 Å². The van der Waals surface area contributed by atoms with Crippen LogP contribution in [0.2, 0.25) is 0 Å².